The molecule has 0 aromatic heterocycles. The highest BCUT2D eigenvalue weighted by molar-refractivity contribution is 6.32. The summed E-state index contributed by atoms with van der Waals surface area (Å²) in [6.07, 6.45) is 3.47. The molecule has 0 spiro atoms. The third-order valence-electron chi connectivity index (χ3n) is 3.00. The lowest BCUT2D eigenvalue weighted by Gasteiger charge is -2.00. The minimum absolute atomic E-state index is 0.358. The summed E-state index contributed by atoms with van der Waals surface area (Å²) >= 11 is 6.09. The minimum Gasteiger partial charge on any atom is -0.422 e. The fraction of sp³-hybridized carbons (Fsp3) is 0. The van der Waals surface area contributed by atoms with E-state index in [0.29, 0.717) is 16.4 Å². The van der Waals surface area contributed by atoms with Crippen molar-refractivity contribution in [3.63, 3.8) is 0 Å². The Bertz CT molecular complexity index is 715. The predicted octanol–water partition coefficient (Wildman–Crippen LogP) is 4.32. The van der Waals surface area contributed by atoms with E-state index in [4.69, 9.17) is 16.3 Å². The van der Waals surface area contributed by atoms with Gasteiger partial charge in [-0.05, 0) is 23.8 Å². The summed E-state index contributed by atoms with van der Waals surface area (Å²) in [6.45, 7) is 0. The van der Waals surface area contributed by atoms with E-state index in [9.17, 15) is 4.79 Å². The maximum atomic E-state index is 11.9. The van der Waals surface area contributed by atoms with Crippen molar-refractivity contribution in [2.24, 2.45) is 0 Å². The molecule has 2 aromatic rings. The van der Waals surface area contributed by atoms with Gasteiger partial charge in [0.2, 0.25) is 0 Å². The second kappa shape index (κ2) is 5.35. The number of halogens is 1. The Hall–Kier alpha value is -2.32. The summed E-state index contributed by atoms with van der Waals surface area (Å²) in [4.78, 5) is 11.9. The molecule has 0 aliphatic carbocycles. The minimum atomic E-state index is -0.358. The standard InChI is InChI=1S/C17H11ClO2/c18-15-9-5-4-8-13(15)10-14-11-16(20-17(14)19)12-6-2-1-3-7-12/h1-11H. The molecule has 0 unspecified atom stereocenters. The van der Waals surface area contributed by atoms with Gasteiger partial charge in [0, 0.05) is 10.6 Å². The lowest BCUT2D eigenvalue weighted by atomic mass is 10.1. The lowest BCUT2D eigenvalue weighted by molar-refractivity contribution is -0.130. The smallest absolute Gasteiger partial charge is 0.343 e. The van der Waals surface area contributed by atoms with E-state index in [2.05, 4.69) is 0 Å². The highest BCUT2D eigenvalue weighted by atomic mass is 35.5. The van der Waals surface area contributed by atoms with Crippen LogP contribution in [0.2, 0.25) is 5.02 Å². The summed E-state index contributed by atoms with van der Waals surface area (Å²) in [7, 11) is 0. The van der Waals surface area contributed by atoms with Gasteiger partial charge in [-0.1, -0.05) is 60.1 Å². The number of rotatable bonds is 2. The second-order valence-corrected chi connectivity index (χ2v) is 4.79. The van der Waals surface area contributed by atoms with Crippen molar-refractivity contribution in [3.8, 4) is 0 Å². The maximum Gasteiger partial charge on any atom is 0.343 e. The van der Waals surface area contributed by atoms with Gasteiger partial charge < -0.3 is 4.74 Å². The number of carbonyl (C=O) groups excluding carboxylic acids is 1. The first-order valence-electron chi connectivity index (χ1n) is 6.19. The van der Waals surface area contributed by atoms with Gasteiger partial charge in [-0.3, -0.25) is 0 Å². The van der Waals surface area contributed by atoms with Crippen LogP contribution in [0.4, 0.5) is 0 Å². The lowest BCUT2D eigenvalue weighted by Crippen LogP contribution is -1.97. The first-order valence-corrected chi connectivity index (χ1v) is 6.57. The molecule has 0 fully saturated rings. The van der Waals surface area contributed by atoms with Gasteiger partial charge in [-0.2, -0.15) is 0 Å². The van der Waals surface area contributed by atoms with E-state index < -0.39 is 0 Å². The van der Waals surface area contributed by atoms with Crippen LogP contribution in [-0.2, 0) is 9.53 Å². The quantitative estimate of drug-likeness (QED) is 0.606. The van der Waals surface area contributed by atoms with E-state index in [1.165, 1.54) is 0 Å². The Balaban J connectivity index is 1.97. The van der Waals surface area contributed by atoms with Crippen LogP contribution in [0.15, 0.2) is 66.2 Å². The van der Waals surface area contributed by atoms with Crippen LogP contribution in [0.3, 0.4) is 0 Å². The van der Waals surface area contributed by atoms with Gasteiger partial charge in [0.15, 0.2) is 0 Å². The average molecular weight is 283 g/mol. The first-order chi connectivity index (χ1) is 9.74. The molecule has 2 aromatic carbocycles. The third-order valence-corrected chi connectivity index (χ3v) is 3.34. The van der Waals surface area contributed by atoms with E-state index in [1.807, 2.05) is 48.5 Å². The van der Waals surface area contributed by atoms with Crippen LogP contribution in [0, 0.1) is 0 Å². The second-order valence-electron chi connectivity index (χ2n) is 4.39. The number of cyclic esters (lactones) is 1. The van der Waals surface area contributed by atoms with Crippen LogP contribution in [0.1, 0.15) is 11.1 Å². The fourth-order valence-electron chi connectivity index (χ4n) is 1.99. The Labute approximate surface area is 122 Å². The first kappa shape index (κ1) is 12.7. The molecule has 0 amide bonds. The molecular weight excluding hydrogens is 272 g/mol. The van der Waals surface area contributed by atoms with Gasteiger partial charge in [0.25, 0.3) is 0 Å². The highest BCUT2D eigenvalue weighted by Crippen LogP contribution is 2.28. The van der Waals surface area contributed by atoms with Gasteiger partial charge in [-0.25, -0.2) is 4.79 Å². The van der Waals surface area contributed by atoms with E-state index in [-0.39, 0.29) is 5.97 Å². The summed E-state index contributed by atoms with van der Waals surface area (Å²) in [5, 5.41) is 0.606. The molecule has 0 radical (unpaired) electrons. The molecule has 0 saturated carbocycles. The van der Waals surface area contributed by atoms with Crippen molar-refractivity contribution in [1.29, 1.82) is 0 Å². The molecule has 1 heterocycles. The maximum absolute atomic E-state index is 11.9. The van der Waals surface area contributed by atoms with E-state index >= 15 is 0 Å². The number of hydrogen-bond acceptors (Lipinski definition) is 2. The molecule has 1 aliphatic heterocycles. The largest absolute Gasteiger partial charge is 0.422 e. The van der Waals surface area contributed by atoms with Gasteiger partial charge in [0.1, 0.15) is 5.76 Å². The Morgan fingerprint density at radius 2 is 1.65 bits per heavy atom. The van der Waals surface area contributed by atoms with Crippen molar-refractivity contribution in [1.82, 2.24) is 0 Å². The van der Waals surface area contributed by atoms with Crippen LogP contribution >= 0.6 is 11.6 Å². The summed E-state index contributed by atoms with van der Waals surface area (Å²) < 4.78 is 5.28. The number of benzene rings is 2. The molecule has 20 heavy (non-hydrogen) atoms. The number of esters is 1. The van der Waals surface area contributed by atoms with Crippen LogP contribution < -0.4 is 0 Å². The van der Waals surface area contributed by atoms with Crippen molar-refractivity contribution in [3.05, 3.63) is 82.4 Å². The average Bonchev–Trinajstić information content (AvgIpc) is 2.84. The molecule has 1 aliphatic rings. The molecule has 0 saturated heterocycles. The van der Waals surface area contributed by atoms with E-state index in [0.717, 1.165) is 11.1 Å². The predicted molar refractivity (Wildman–Crippen MR) is 79.9 cm³/mol. The zero-order chi connectivity index (χ0) is 13.9. The zero-order valence-electron chi connectivity index (χ0n) is 10.5. The molecular formula is C17H11ClO2. The van der Waals surface area contributed by atoms with Crippen LogP contribution in [0.5, 0.6) is 0 Å². The molecule has 0 atom stereocenters. The van der Waals surface area contributed by atoms with Crippen molar-refractivity contribution in [2.45, 2.75) is 0 Å². The SMILES string of the molecule is O=C1OC(c2ccccc2)=CC1=Cc1ccccc1Cl. The van der Waals surface area contributed by atoms with Gasteiger partial charge in [-0.15, -0.1) is 0 Å². The zero-order valence-corrected chi connectivity index (χ0v) is 11.3. The van der Waals surface area contributed by atoms with Crippen LogP contribution in [0.25, 0.3) is 11.8 Å². The fourth-order valence-corrected chi connectivity index (χ4v) is 2.18. The molecule has 98 valence electrons. The molecule has 0 N–H and O–H groups in total. The Kier molecular flexibility index (Phi) is 3.40. The number of hydrogen-bond donors (Lipinski definition) is 0. The molecule has 0 bridgehead atoms. The number of ether oxygens (including phenoxy) is 1. The van der Waals surface area contributed by atoms with E-state index in [1.54, 1.807) is 18.2 Å². The van der Waals surface area contributed by atoms with Crippen molar-refractivity contribution in [2.75, 3.05) is 0 Å². The van der Waals surface area contributed by atoms with Gasteiger partial charge >= 0.3 is 5.97 Å². The monoisotopic (exact) mass is 282 g/mol. The third kappa shape index (κ3) is 2.51. The topological polar surface area (TPSA) is 26.3 Å². The van der Waals surface area contributed by atoms with Crippen LogP contribution in [-0.4, -0.2) is 5.97 Å². The van der Waals surface area contributed by atoms with Gasteiger partial charge in [0.05, 0.1) is 5.57 Å². The summed E-state index contributed by atoms with van der Waals surface area (Å²) in [5.41, 5.74) is 2.17. The Morgan fingerprint density at radius 3 is 2.40 bits per heavy atom. The van der Waals surface area contributed by atoms with Crippen molar-refractivity contribution >= 4 is 29.4 Å². The molecule has 2 nitrogen and oxygen atoms in total. The van der Waals surface area contributed by atoms with Crippen molar-refractivity contribution < 1.29 is 9.53 Å². The summed E-state index contributed by atoms with van der Waals surface area (Å²) in [6, 6.07) is 16.9. The molecule has 3 rings (SSSR count). The summed E-state index contributed by atoms with van der Waals surface area (Å²) in [5.74, 6) is 0.206. The Morgan fingerprint density at radius 1 is 0.950 bits per heavy atom. The highest BCUT2D eigenvalue weighted by Gasteiger charge is 2.21. The molecule has 3 heteroatoms. The number of carbonyl (C=O) groups is 1. The normalized spacial score (nSPS) is 16.1.